The van der Waals surface area contributed by atoms with Crippen molar-refractivity contribution >= 4 is 10.9 Å². The minimum Gasteiger partial charge on any atom is -0.361 e. The van der Waals surface area contributed by atoms with Gasteiger partial charge in [0.1, 0.15) is 0 Å². The van der Waals surface area contributed by atoms with Gasteiger partial charge < -0.3 is 10.3 Å². The lowest BCUT2D eigenvalue weighted by atomic mass is 10.1. The minimum atomic E-state index is -2.85. The van der Waals surface area contributed by atoms with Crippen molar-refractivity contribution in [3.05, 3.63) is 48.7 Å². The van der Waals surface area contributed by atoms with Crippen molar-refractivity contribution < 1.29 is 8.78 Å². The summed E-state index contributed by atoms with van der Waals surface area (Å²) in [4.78, 5) is 3.18. The Bertz CT molecular complexity index is 560. The second-order valence-corrected chi connectivity index (χ2v) is 4.81. The predicted octanol–water partition coefficient (Wildman–Crippen LogP) is 3.51. The fraction of sp³-hybridized carbons (Fsp3) is 0.333. The number of fused-ring (bicyclic) bond motifs is 1. The molecule has 0 bridgehead atoms. The van der Waals surface area contributed by atoms with Crippen LogP contribution in [-0.2, 0) is 6.42 Å². The number of aromatic amines is 1. The molecule has 0 radical (unpaired) electrons. The first-order valence-electron chi connectivity index (χ1n) is 6.31. The summed E-state index contributed by atoms with van der Waals surface area (Å²) in [5.41, 5.74) is 2.21. The molecule has 1 heterocycles. The molecule has 1 aromatic carbocycles. The number of alkyl halides is 2. The first-order chi connectivity index (χ1) is 9.02. The fourth-order valence-corrected chi connectivity index (χ4v) is 2.09. The molecule has 2 rings (SSSR count). The molecular weight excluding hydrogens is 246 g/mol. The third-order valence-electron chi connectivity index (χ3n) is 3.19. The highest BCUT2D eigenvalue weighted by Gasteiger charge is 2.24. The highest BCUT2D eigenvalue weighted by Crippen LogP contribution is 2.19. The first kappa shape index (κ1) is 13.7. The molecule has 2 N–H and O–H groups in total. The summed E-state index contributed by atoms with van der Waals surface area (Å²) in [6.07, 6.45) is 3.32. The van der Waals surface area contributed by atoms with Crippen LogP contribution in [0.2, 0.25) is 0 Å². The Balaban J connectivity index is 1.99. The average molecular weight is 264 g/mol. The summed E-state index contributed by atoms with van der Waals surface area (Å²) < 4.78 is 26.1. The number of para-hydroxylation sites is 1. The Morgan fingerprint density at radius 2 is 2.16 bits per heavy atom. The molecule has 0 saturated heterocycles. The lowest BCUT2D eigenvalue weighted by molar-refractivity contribution is 0.0529. The van der Waals surface area contributed by atoms with Gasteiger partial charge in [-0.25, -0.2) is 8.78 Å². The van der Waals surface area contributed by atoms with Gasteiger partial charge in [0.05, 0.1) is 6.54 Å². The summed E-state index contributed by atoms with van der Waals surface area (Å²) in [6, 6.07) is 7.96. The fourth-order valence-electron chi connectivity index (χ4n) is 2.09. The quantitative estimate of drug-likeness (QED) is 0.768. The number of H-pyrrole nitrogens is 1. The van der Waals surface area contributed by atoms with E-state index in [9.17, 15) is 8.78 Å². The molecule has 0 fully saturated rings. The van der Waals surface area contributed by atoms with Crippen LogP contribution in [0.1, 0.15) is 12.5 Å². The van der Waals surface area contributed by atoms with Crippen LogP contribution in [0.3, 0.4) is 0 Å². The van der Waals surface area contributed by atoms with Crippen LogP contribution in [0, 0.1) is 0 Å². The molecule has 0 aliphatic carbocycles. The summed E-state index contributed by atoms with van der Waals surface area (Å²) >= 11 is 0. The van der Waals surface area contributed by atoms with Crippen molar-refractivity contribution in [2.75, 3.05) is 6.54 Å². The smallest absolute Gasteiger partial charge is 0.278 e. The van der Waals surface area contributed by atoms with Gasteiger partial charge in [0.25, 0.3) is 5.92 Å². The van der Waals surface area contributed by atoms with Crippen LogP contribution in [0.5, 0.6) is 0 Å². The van der Waals surface area contributed by atoms with Crippen molar-refractivity contribution in [1.29, 1.82) is 0 Å². The van der Waals surface area contributed by atoms with Crippen LogP contribution in [0.25, 0.3) is 10.9 Å². The third kappa shape index (κ3) is 3.41. The van der Waals surface area contributed by atoms with Gasteiger partial charge in [0.2, 0.25) is 0 Å². The highest BCUT2D eigenvalue weighted by atomic mass is 19.3. The molecule has 0 saturated carbocycles. The van der Waals surface area contributed by atoms with E-state index in [1.54, 1.807) is 0 Å². The molecule has 0 aliphatic rings. The number of benzene rings is 1. The van der Waals surface area contributed by atoms with Gasteiger partial charge in [-0.15, -0.1) is 0 Å². The predicted molar refractivity (Wildman–Crippen MR) is 74.6 cm³/mol. The number of rotatable bonds is 6. The van der Waals surface area contributed by atoms with Crippen LogP contribution in [-0.4, -0.2) is 23.5 Å². The minimum absolute atomic E-state index is 0.0231. The van der Waals surface area contributed by atoms with Crippen molar-refractivity contribution in [3.8, 4) is 0 Å². The van der Waals surface area contributed by atoms with E-state index in [1.165, 1.54) is 0 Å². The third-order valence-corrected chi connectivity index (χ3v) is 3.19. The van der Waals surface area contributed by atoms with Gasteiger partial charge in [-0.2, -0.15) is 0 Å². The molecule has 1 atom stereocenters. The summed E-state index contributed by atoms with van der Waals surface area (Å²) in [6.45, 7) is 4.66. The monoisotopic (exact) mass is 264 g/mol. The van der Waals surface area contributed by atoms with Crippen molar-refractivity contribution in [2.45, 2.75) is 25.3 Å². The number of nitrogens with one attached hydrogen (secondary N) is 2. The normalized spacial score (nSPS) is 13.6. The number of aromatic nitrogens is 1. The molecule has 0 aliphatic heterocycles. The largest absolute Gasteiger partial charge is 0.361 e. The van der Waals surface area contributed by atoms with Crippen LogP contribution in [0.4, 0.5) is 8.78 Å². The van der Waals surface area contributed by atoms with E-state index >= 15 is 0 Å². The Labute approximate surface area is 111 Å². The molecule has 1 aromatic heterocycles. The second kappa shape index (κ2) is 5.53. The van der Waals surface area contributed by atoms with Gasteiger partial charge in [0.15, 0.2) is 0 Å². The van der Waals surface area contributed by atoms with E-state index in [0.29, 0.717) is 12.5 Å². The van der Waals surface area contributed by atoms with Crippen LogP contribution < -0.4 is 5.32 Å². The van der Waals surface area contributed by atoms with E-state index < -0.39 is 5.92 Å². The van der Waals surface area contributed by atoms with E-state index in [0.717, 1.165) is 16.5 Å². The van der Waals surface area contributed by atoms with Gasteiger partial charge in [-0.3, -0.25) is 0 Å². The number of halogens is 2. The van der Waals surface area contributed by atoms with Gasteiger partial charge in [-0.1, -0.05) is 24.8 Å². The zero-order valence-corrected chi connectivity index (χ0v) is 10.9. The number of hydrogen-bond acceptors (Lipinski definition) is 1. The standard InChI is InChI=1S/C15H18F2N2/c1-3-15(16,17)10-19-11(2)8-12-9-18-14-7-5-4-6-13(12)14/h3-7,9,11,18-19H,1,8,10H2,2H3/t11-/m1/s1. The number of hydrogen-bond donors (Lipinski definition) is 2. The molecule has 0 amide bonds. The highest BCUT2D eigenvalue weighted by molar-refractivity contribution is 5.83. The maximum atomic E-state index is 13.1. The van der Waals surface area contributed by atoms with Crippen LogP contribution >= 0.6 is 0 Å². The molecule has 0 unspecified atom stereocenters. The van der Waals surface area contributed by atoms with Crippen molar-refractivity contribution in [1.82, 2.24) is 10.3 Å². The SMILES string of the molecule is C=CC(F)(F)CN[C@H](C)Cc1c[nH]c2ccccc12. The lowest BCUT2D eigenvalue weighted by Gasteiger charge is -2.17. The zero-order chi connectivity index (χ0) is 13.9. The van der Waals surface area contributed by atoms with E-state index in [1.807, 2.05) is 37.4 Å². The first-order valence-corrected chi connectivity index (χ1v) is 6.31. The maximum Gasteiger partial charge on any atom is 0.278 e. The molecule has 102 valence electrons. The van der Waals surface area contributed by atoms with Gasteiger partial charge >= 0.3 is 0 Å². The van der Waals surface area contributed by atoms with E-state index in [2.05, 4.69) is 16.9 Å². The Kier molecular flexibility index (Phi) is 4.00. The topological polar surface area (TPSA) is 27.8 Å². The zero-order valence-electron chi connectivity index (χ0n) is 10.9. The summed E-state index contributed by atoms with van der Waals surface area (Å²) in [7, 11) is 0. The Hall–Kier alpha value is -1.68. The van der Waals surface area contributed by atoms with E-state index in [4.69, 9.17) is 0 Å². The summed E-state index contributed by atoms with van der Waals surface area (Å²) in [5, 5.41) is 3.99. The molecule has 2 nitrogen and oxygen atoms in total. The molecular formula is C15H18F2N2. The van der Waals surface area contributed by atoms with E-state index in [-0.39, 0.29) is 12.6 Å². The Morgan fingerprint density at radius 1 is 1.42 bits per heavy atom. The van der Waals surface area contributed by atoms with Gasteiger partial charge in [-0.05, 0) is 31.1 Å². The van der Waals surface area contributed by atoms with Crippen molar-refractivity contribution in [3.63, 3.8) is 0 Å². The average Bonchev–Trinajstić information content (AvgIpc) is 2.80. The maximum absolute atomic E-state index is 13.1. The molecule has 0 spiro atoms. The van der Waals surface area contributed by atoms with Crippen molar-refractivity contribution in [2.24, 2.45) is 0 Å². The molecule has 2 aromatic rings. The second-order valence-electron chi connectivity index (χ2n) is 4.81. The van der Waals surface area contributed by atoms with Gasteiger partial charge in [0, 0.05) is 23.1 Å². The van der Waals surface area contributed by atoms with Crippen LogP contribution in [0.15, 0.2) is 43.1 Å². The molecule has 4 heteroatoms. The lowest BCUT2D eigenvalue weighted by Crippen LogP contribution is -2.37. The summed E-state index contributed by atoms with van der Waals surface area (Å²) in [5.74, 6) is -2.85. The molecule has 19 heavy (non-hydrogen) atoms. The Morgan fingerprint density at radius 3 is 2.89 bits per heavy atom.